The molecule has 0 unspecified atom stereocenters. The molecular weight excluding hydrogens is 244 g/mol. The summed E-state index contributed by atoms with van der Waals surface area (Å²) in [5, 5.41) is 8.88. The summed E-state index contributed by atoms with van der Waals surface area (Å²) in [7, 11) is 0. The monoisotopic (exact) mass is 266 g/mol. The van der Waals surface area contributed by atoms with Crippen molar-refractivity contribution in [1.29, 1.82) is 0 Å². The first kappa shape index (κ1) is 12.9. The van der Waals surface area contributed by atoms with Gasteiger partial charge in [-0.2, -0.15) is 0 Å². The highest BCUT2D eigenvalue weighted by Gasteiger charge is 2.50. The molecule has 0 spiro atoms. The van der Waals surface area contributed by atoms with Gasteiger partial charge in [0.1, 0.15) is 0 Å². The van der Waals surface area contributed by atoms with Crippen molar-refractivity contribution < 1.29 is 14.7 Å². The first-order chi connectivity index (χ1) is 9.16. The number of carbonyl (C=O) groups is 2. The number of aliphatic carboxylic acids is 1. The molecule has 0 aromatic carbocycles. The zero-order valence-electron chi connectivity index (χ0n) is 11.3. The van der Waals surface area contributed by atoms with E-state index < -0.39 is 11.9 Å². The van der Waals surface area contributed by atoms with E-state index in [2.05, 4.69) is 4.90 Å². The van der Waals surface area contributed by atoms with E-state index >= 15 is 0 Å². The van der Waals surface area contributed by atoms with Crippen LogP contribution in [-0.4, -0.2) is 59.0 Å². The average molecular weight is 266 g/mol. The maximum Gasteiger partial charge on any atom is 0.307 e. The van der Waals surface area contributed by atoms with Crippen molar-refractivity contribution in [2.75, 3.05) is 26.2 Å². The molecule has 3 aliphatic rings. The Labute approximate surface area is 113 Å². The zero-order valence-corrected chi connectivity index (χ0v) is 11.3. The summed E-state index contributed by atoms with van der Waals surface area (Å²) in [6, 6.07) is 0.727. The number of hydrogen-bond donors (Lipinski definition) is 1. The summed E-state index contributed by atoms with van der Waals surface area (Å²) in [5.41, 5.74) is 0. The Morgan fingerprint density at radius 2 is 1.58 bits per heavy atom. The van der Waals surface area contributed by atoms with Gasteiger partial charge >= 0.3 is 5.97 Å². The minimum absolute atomic E-state index is 0.0680. The highest BCUT2D eigenvalue weighted by molar-refractivity contribution is 5.89. The maximum atomic E-state index is 12.1. The summed E-state index contributed by atoms with van der Waals surface area (Å²) in [4.78, 5) is 27.3. The van der Waals surface area contributed by atoms with E-state index in [9.17, 15) is 9.59 Å². The summed E-state index contributed by atoms with van der Waals surface area (Å²) in [6.45, 7) is 3.47. The van der Waals surface area contributed by atoms with Crippen LogP contribution in [0.15, 0.2) is 0 Å². The Hall–Kier alpha value is -1.10. The Morgan fingerprint density at radius 3 is 2.11 bits per heavy atom. The van der Waals surface area contributed by atoms with Crippen LogP contribution in [0.4, 0.5) is 0 Å². The van der Waals surface area contributed by atoms with E-state index in [1.54, 1.807) is 0 Å². The molecule has 2 aliphatic carbocycles. The van der Waals surface area contributed by atoms with Gasteiger partial charge in [-0.05, 0) is 19.3 Å². The minimum atomic E-state index is -0.817. The largest absolute Gasteiger partial charge is 0.481 e. The standard InChI is InChI=1S/C14H22N2O3/c17-13(11-9-12(11)14(18)19)16-7-5-15(6-8-16)10-3-1-2-4-10/h10-12H,1-9H2,(H,18,19)/t11-,12+/m1/s1. The predicted octanol–water partition coefficient (Wildman–Crippen LogP) is 0.794. The molecule has 3 fully saturated rings. The number of carboxylic acid groups (broad SMARTS) is 1. The van der Waals surface area contributed by atoms with Crippen LogP contribution in [0.5, 0.6) is 0 Å². The Bertz CT molecular complexity index is 371. The molecule has 1 saturated heterocycles. The Kier molecular flexibility index (Phi) is 3.48. The second-order valence-electron chi connectivity index (χ2n) is 6.09. The van der Waals surface area contributed by atoms with Gasteiger partial charge in [-0.25, -0.2) is 0 Å². The van der Waals surface area contributed by atoms with Crippen LogP contribution in [0.25, 0.3) is 0 Å². The van der Waals surface area contributed by atoms with Crippen molar-refractivity contribution in [2.24, 2.45) is 11.8 Å². The highest BCUT2D eigenvalue weighted by Crippen LogP contribution is 2.40. The van der Waals surface area contributed by atoms with E-state index in [0.29, 0.717) is 6.42 Å². The van der Waals surface area contributed by atoms with E-state index in [1.165, 1.54) is 25.7 Å². The molecule has 1 heterocycles. The van der Waals surface area contributed by atoms with E-state index in [-0.39, 0.29) is 11.8 Å². The molecule has 5 heteroatoms. The number of piperazine rings is 1. The predicted molar refractivity (Wildman–Crippen MR) is 69.6 cm³/mol. The van der Waals surface area contributed by atoms with Crippen LogP contribution >= 0.6 is 0 Å². The van der Waals surface area contributed by atoms with Gasteiger partial charge in [0.05, 0.1) is 11.8 Å². The summed E-state index contributed by atoms with van der Waals surface area (Å²) >= 11 is 0. The molecule has 2 saturated carbocycles. The number of hydrogen-bond acceptors (Lipinski definition) is 3. The van der Waals surface area contributed by atoms with Crippen LogP contribution in [0.3, 0.4) is 0 Å². The summed E-state index contributed by atoms with van der Waals surface area (Å²) in [5.74, 6) is -1.41. The number of rotatable bonds is 3. The van der Waals surface area contributed by atoms with Gasteiger partial charge < -0.3 is 10.0 Å². The molecule has 0 bridgehead atoms. The smallest absolute Gasteiger partial charge is 0.307 e. The van der Waals surface area contributed by atoms with Crippen LogP contribution in [0.1, 0.15) is 32.1 Å². The zero-order chi connectivity index (χ0) is 13.4. The molecule has 1 amide bonds. The SMILES string of the molecule is O=C(O)[C@H]1C[C@H]1C(=O)N1CCN(C2CCCC2)CC1. The van der Waals surface area contributed by atoms with Crippen molar-refractivity contribution in [3.05, 3.63) is 0 Å². The van der Waals surface area contributed by atoms with Crippen molar-refractivity contribution in [1.82, 2.24) is 9.80 Å². The first-order valence-electron chi connectivity index (χ1n) is 7.42. The van der Waals surface area contributed by atoms with Crippen LogP contribution in [0.2, 0.25) is 0 Å². The van der Waals surface area contributed by atoms with E-state index in [0.717, 1.165) is 32.2 Å². The van der Waals surface area contributed by atoms with Crippen molar-refractivity contribution in [2.45, 2.75) is 38.1 Å². The van der Waals surface area contributed by atoms with Crippen molar-refractivity contribution in [3.63, 3.8) is 0 Å². The van der Waals surface area contributed by atoms with Gasteiger partial charge in [0.15, 0.2) is 0 Å². The molecule has 1 aliphatic heterocycles. The lowest BCUT2D eigenvalue weighted by Crippen LogP contribution is -2.51. The summed E-state index contributed by atoms with van der Waals surface area (Å²) in [6.07, 6.45) is 5.82. The molecule has 5 nitrogen and oxygen atoms in total. The first-order valence-corrected chi connectivity index (χ1v) is 7.42. The topological polar surface area (TPSA) is 60.9 Å². The number of nitrogens with zero attached hydrogens (tertiary/aromatic N) is 2. The normalized spacial score (nSPS) is 32.5. The van der Waals surface area contributed by atoms with Gasteiger partial charge in [0.25, 0.3) is 0 Å². The number of carbonyl (C=O) groups excluding carboxylic acids is 1. The fourth-order valence-corrected chi connectivity index (χ4v) is 3.55. The van der Waals surface area contributed by atoms with Gasteiger partial charge in [0, 0.05) is 32.2 Å². The van der Waals surface area contributed by atoms with E-state index in [1.807, 2.05) is 4.90 Å². The number of carboxylic acids is 1. The maximum absolute atomic E-state index is 12.1. The van der Waals surface area contributed by atoms with E-state index in [4.69, 9.17) is 5.11 Å². The molecule has 0 aromatic rings. The molecule has 19 heavy (non-hydrogen) atoms. The second-order valence-corrected chi connectivity index (χ2v) is 6.09. The lowest BCUT2D eigenvalue weighted by atomic mass is 10.1. The molecule has 0 aromatic heterocycles. The molecule has 1 N–H and O–H groups in total. The molecular formula is C14H22N2O3. The minimum Gasteiger partial charge on any atom is -0.481 e. The fraction of sp³-hybridized carbons (Fsp3) is 0.857. The molecule has 2 atom stereocenters. The lowest BCUT2D eigenvalue weighted by Gasteiger charge is -2.38. The third-order valence-electron chi connectivity index (χ3n) is 4.89. The van der Waals surface area contributed by atoms with Crippen molar-refractivity contribution >= 4 is 11.9 Å². The lowest BCUT2D eigenvalue weighted by molar-refractivity contribution is -0.142. The third kappa shape index (κ3) is 2.61. The Balaban J connectivity index is 1.47. The Morgan fingerprint density at radius 1 is 0.947 bits per heavy atom. The fourth-order valence-electron chi connectivity index (χ4n) is 3.55. The van der Waals surface area contributed by atoms with Gasteiger partial charge in [-0.3, -0.25) is 14.5 Å². The molecule has 106 valence electrons. The molecule has 0 radical (unpaired) electrons. The average Bonchev–Trinajstić information content (AvgIpc) is 3.05. The van der Waals surface area contributed by atoms with Crippen molar-refractivity contribution in [3.8, 4) is 0 Å². The highest BCUT2D eigenvalue weighted by atomic mass is 16.4. The quantitative estimate of drug-likeness (QED) is 0.820. The molecule has 3 rings (SSSR count). The third-order valence-corrected chi connectivity index (χ3v) is 4.89. The van der Waals surface area contributed by atoms with Gasteiger partial charge in [-0.1, -0.05) is 12.8 Å². The second kappa shape index (κ2) is 5.12. The van der Waals surface area contributed by atoms with Crippen LogP contribution in [-0.2, 0) is 9.59 Å². The van der Waals surface area contributed by atoms with Crippen LogP contribution in [0, 0.1) is 11.8 Å². The number of amides is 1. The van der Waals surface area contributed by atoms with Gasteiger partial charge in [0.2, 0.25) is 5.91 Å². The van der Waals surface area contributed by atoms with Crippen LogP contribution < -0.4 is 0 Å². The summed E-state index contributed by atoms with van der Waals surface area (Å²) < 4.78 is 0. The van der Waals surface area contributed by atoms with Gasteiger partial charge in [-0.15, -0.1) is 0 Å².